The molecule has 7 rings (SSSR count). The molecular weight excluding hydrogens is 670 g/mol. The maximum absolute atomic E-state index is 13.6. The van der Waals surface area contributed by atoms with E-state index in [2.05, 4.69) is 12.1 Å². The summed E-state index contributed by atoms with van der Waals surface area (Å²) in [7, 11) is 0. The zero-order chi connectivity index (χ0) is 33.9. The van der Waals surface area contributed by atoms with Crippen molar-refractivity contribution in [2.45, 2.75) is 51.1 Å². The van der Waals surface area contributed by atoms with Gasteiger partial charge in [-0.1, -0.05) is 120 Å². The van der Waals surface area contributed by atoms with Crippen LogP contribution in [0.15, 0.2) is 97.1 Å². The molecule has 5 aromatic carbocycles. The number of hydrogen-bond donors (Lipinski definition) is 2. The van der Waals surface area contributed by atoms with E-state index in [1.807, 2.05) is 77.7 Å². The highest BCUT2D eigenvalue weighted by molar-refractivity contribution is 6.36. The van der Waals surface area contributed by atoms with E-state index in [0.717, 1.165) is 27.5 Å². The summed E-state index contributed by atoms with van der Waals surface area (Å²) in [6.07, 6.45) is 0.605. The van der Waals surface area contributed by atoms with Gasteiger partial charge >= 0.3 is 0 Å². The lowest BCUT2D eigenvalue weighted by atomic mass is 10.0. The van der Waals surface area contributed by atoms with E-state index < -0.39 is 17.9 Å². The summed E-state index contributed by atoms with van der Waals surface area (Å²) in [6.45, 7) is 2.36. The van der Waals surface area contributed by atoms with Crippen molar-refractivity contribution in [1.82, 2.24) is 9.80 Å². The second-order valence-corrected chi connectivity index (χ2v) is 13.4. The molecule has 246 valence electrons. The molecule has 0 saturated carbocycles. The van der Waals surface area contributed by atoms with Crippen LogP contribution in [0, 0.1) is 5.82 Å². The molecule has 2 atom stereocenters. The number of nitrogens with two attached hydrogens (primary N) is 2. The minimum atomic E-state index is -0.776. The van der Waals surface area contributed by atoms with Crippen molar-refractivity contribution in [2.75, 3.05) is 0 Å². The molecule has 0 fully saturated rings. The normalized spacial score (nSPS) is 14.6. The summed E-state index contributed by atoms with van der Waals surface area (Å²) in [5.41, 5.74) is 18.3. The lowest BCUT2D eigenvalue weighted by molar-refractivity contribution is -0.133. The van der Waals surface area contributed by atoms with Crippen molar-refractivity contribution < 1.29 is 14.0 Å². The molecule has 0 bridgehead atoms. The van der Waals surface area contributed by atoms with Crippen LogP contribution in [-0.4, -0.2) is 33.7 Å². The van der Waals surface area contributed by atoms with E-state index in [4.69, 9.17) is 46.3 Å². The molecular formula is C38H34Cl3FN4O2. The highest BCUT2D eigenvalue weighted by Gasteiger charge is 2.29. The van der Waals surface area contributed by atoms with Gasteiger partial charge in [0.05, 0.1) is 22.1 Å². The van der Waals surface area contributed by atoms with Crippen molar-refractivity contribution in [1.29, 1.82) is 0 Å². The SMILES string of the molecule is NC(Cc1cc(F)c(Cl)cc1Cl)C(=O)N1Cc2ccccc2C1.NC(Cc1ccc2ccccc2c1Cl)C(=O)N1Cc2ccccc2C1. The van der Waals surface area contributed by atoms with Gasteiger partial charge in [-0.05, 0) is 63.7 Å². The summed E-state index contributed by atoms with van der Waals surface area (Å²) in [6, 6.07) is 29.2. The Bertz CT molecular complexity index is 1960. The van der Waals surface area contributed by atoms with Gasteiger partial charge < -0.3 is 21.3 Å². The molecule has 2 heterocycles. The first kappa shape index (κ1) is 33.9. The molecule has 0 saturated heterocycles. The Morgan fingerprint density at radius 3 is 1.60 bits per heavy atom. The average Bonchev–Trinajstić information content (AvgIpc) is 3.73. The maximum atomic E-state index is 13.6. The summed E-state index contributed by atoms with van der Waals surface area (Å²) < 4.78 is 13.6. The third-order valence-corrected chi connectivity index (χ3v) is 9.94. The minimum Gasteiger partial charge on any atom is -0.333 e. The van der Waals surface area contributed by atoms with Crippen LogP contribution < -0.4 is 11.5 Å². The van der Waals surface area contributed by atoms with Crippen molar-refractivity contribution in [3.63, 3.8) is 0 Å². The van der Waals surface area contributed by atoms with Gasteiger partial charge in [-0.2, -0.15) is 0 Å². The molecule has 2 aliphatic rings. The first-order valence-corrected chi connectivity index (χ1v) is 16.7. The molecule has 4 N–H and O–H groups in total. The zero-order valence-electron chi connectivity index (χ0n) is 26.0. The van der Waals surface area contributed by atoms with Crippen LogP contribution in [0.4, 0.5) is 4.39 Å². The monoisotopic (exact) mass is 702 g/mol. The zero-order valence-corrected chi connectivity index (χ0v) is 28.3. The van der Waals surface area contributed by atoms with E-state index in [-0.39, 0.29) is 23.3 Å². The molecule has 48 heavy (non-hydrogen) atoms. The predicted octanol–water partition coefficient (Wildman–Crippen LogP) is 7.45. The van der Waals surface area contributed by atoms with Crippen LogP contribution in [0.25, 0.3) is 10.8 Å². The lowest BCUT2D eigenvalue weighted by Gasteiger charge is -2.21. The molecule has 0 aromatic heterocycles. The maximum Gasteiger partial charge on any atom is 0.240 e. The molecule has 2 amide bonds. The standard InChI is InChI=1S/C21H19ClN2O.C17H15Cl2FN2O/c22-20-15(10-9-14-5-3-4-8-18(14)20)11-19(23)21(25)24-12-16-6-1-2-7-17(16)13-24;18-13-7-14(19)15(20)5-12(13)6-16(21)17(23)22-8-10-3-1-2-4-11(10)9-22/h1-10,19H,11-13,23H2;1-5,7,16H,6,8-9,21H2. The Balaban J connectivity index is 0.000000168. The van der Waals surface area contributed by atoms with Crippen LogP contribution in [0.5, 0.6) is 0 Å². The van der Waals surface area contributed by atoms with Gasteiger partial charge in [-0.3, -0.25) is 9.59 Å². The Morgan fingerprint density at radius 1 is 0.625 bits per heavy atom. The fourth-order valence-corrected chi connectivity index (χ4v) is 7.02. The van der Waals surface area contributed by atoms with Gasteiger partial charge in [0.1, 0.15) is 5.82 Å². The third-order valence-electron chi connectivity index (χ3n) is 8.85. The van der Waals surface area contributed by atoms with Gasteiger partial charge in [0.25, 0.3) is 0 Å². The molecule has 0 radical (unpaired) electrons. The summed E-state index contributed by atoms with van der Waals surface area (Å²) in [5, 5.41) is 3.03. The Hall–Kier alpha value is -3.98. The highest BCUT2D eigenvalue weighted by atomic mass is 35.5. The van der Waals surface area contributed by atoms with Crippen molar-refractivity contribution in [2.24, 2.45) is 11.5 Å². The third kappa shape index (κ3) is 7.36. The summed E-state index contributed by atoms with van der Waals surface area (Å²) >= 11 is 18.3. The average molecular weight is 704 g/mol. The van der Waals surface area contributed by atoms with Crippen LogP contribution in [0.1, 0.15) is 33.4 Å². The second-order valence-electron chi connectivity index (χ2n) is 12.2. The Kier molecular flexibility index (Phi) is 10.3. The quantitative estimate of drug-likeness (QED) is 0.180. The van der Waals surface area contributed by atoms with Crippen molar-refractivity contribution in [3.8, 4) is 0 Å². The van der Waals surface area contributed by atoms with E-state index in [9.17, 15) is 14.0 Å². The first-order chi connectivity index (χ1) is 23.1. The smallest absolute Gasteiger partial charge is 0.240 e. The lowest BCUT2D eigenvalue weighted by Crippen LogP contribution is -2.42. The Morgan fingerprint density at radius 2 is 1.08 bits per heavy atom. The number of carbonyl (C=O) groups excluding carboxylic acids is 2. The fraction of sp³-hybridized carbons (Fsp3) is 0.211. The molecule has 5 aromatic rings. The van der Waals surface area contributed by atoms with Crippen LogP contribution in [-0.2, 0) is 48.6 Å². The highest BCUT2D eigenvalue weighted by Crippen LogP contribution is 2.30. The molecule has 2 unspecified atom stereocenters. The first-order valence-electron chi connectivity index (χ1n) is 15.6. The number of rotatable bonds is 6. The topological polar surface area (TPSA) is 92.7 Å². The van der Waals surface area contributed by atoms with Crippen LogP contribution in [0.2, 0.25) is 15.1 Å². The number of benzene rings is 5. The Labute approximate surface area is 294 Å². The number of halogens is 4. The number of fused-ring (bicyclic) bond motifs is 3. The number of hydrogen-bond acceptors (Lipinski definition) is 4. The van der Waals surface area contributed by atoms with Crippen LogP contribution >= 0.6 is 34.8 Å². The van der Waals surface area contributed by atoms with E-state index in [1.54, 1.807) is 4.90 Å². The minimum absolute atomic E-state index is 0.0274. The second kappa shape index (κ2) is 14.6. The van der Waals surface area contributed by atoms with Crippen molar-refractivity contribution >= 4 is 57.4 Å². The molecule has 10 heteroatoms. The molecule has 0 aliphatic carbocycles. The van der Waals surface area contributed by atoms with Crippen LogP contribution in [0.3, 0.4) is 0 Å². The van der Waals surface area contributed by atoms with E-state index >= 15 is 0 Å². The predicted molar refractivity (Wildman–Crippen MR) is 190 cm³/mol. The van der Waals surface area contributed by atoms with E-state index in [0.29, 0.717) is 48.2 Å². The fourth-order valence-electron chi connectivity index (χ4n) is 6.25. The van der Waals surface area contributed by atoms with E-state index in [1.165, 1.54) is 23.3 Å². The summed E-state index contributed by atoms with van der Waals surface area (Å²) in [4.78, 5) is 28.8. The molecule has 6 nitrogen and oxygen atoms in total. The largest absolute Gasteiger partial charge is 0.333 e. The number of nitrogens with zero attached hydrogens (tertiary/aromatic N) is 2. The van der Waals surface area contributed by atoms with Gasteiger partial charge in [0.15, 0.2) is 0 Å². The summed E-state index contributed by atoms with van der Waals surface area (Å²) in [5.74, 6) is -0.771. The van der Waals surface area contributed by atoms with Gasteiger partial charge in [-0.15, -0.1) is 0 Å². The molecule has 2 aliphatic heterocycles. The molecule has 0 spiro atoms. The van der Waals surface area contributed by atoms with Gasteiger partial charge in [-0.25, -0.2) is 4.39 Å². The number of amides is 2. The number of carbonyl (C=O) groups is 2. The van der Waals surface area contributed by atoms with Crippen molar-refractivity contribution in [3.05, 3.63) is 151 Å². The van der Waals surface area contributed by atoms with Gasteiger partial charge in [0, 0.05) is 36.6 Å². The van der Waals surface area contributed by atoms with Gasteiger partial charge in [0.2, 0.25) is 11.8 Å².